The highest BCUT2D eigenvalue weighted by Crippen LogP contribution is 2.23. The number of allylic oxidation sites excluding steroid dienone is 7. The van der Waals surface area contributed by atoms with Gasteiger partial charge in [0.1, 0.15) is 0 Å². The zero-order valence-electron chi connectivity index (χ0n) is 18.2. The molecule has 3 N–H and O–H groups in total. The Balaban J connectivity index is 1.47. The molecule has 0 bridgehead atoms. The van der Waals surface area contributed by atoms with Crippen molar-refractivity contribution in [2.75, 3.05) is 43.2 Å². The highest BCUT2D eigenvalue weighted by molar-refractivity contribution is 8.14. The van der Waals surface area contributed by atoms with Crippen LogP contribution in [0.25, 0.3) is 0 Å². The number of thioether (sulfide) groups is 1. The molecule has 0 amide bonds. The van der Waals surface area contributed by atoms with E-state index < -0.39 is 0 Å². The van der Waals surface area contributed by atoms with E-state index in [-0.39, 0.29) is 0 Å². The predicted molar refractivity (Wildman–Crippen MR) is 141 cm³/mol. The van der Waals surface area contributed by atoms with Crippen LogP contribution in [-0.4, -0.2) is 54.2 Å². The summed E-state index contributed by atoms with van der Waals surface area (Å²) in [4.78, 5) is 9.09. The number of thiocarbonyl (C=S) groups is 1. The van der Waals surface area contributed by atoms with Gasteiger partial charge < -0.3 is 20.9 Å². The summed E-state index contributed by atoms with van der Waals surface area (Å²) in [5, 5.41) is 3.98. The van der Waals surface area contributed by atoms with Gasteiger partial charge in [-0.2, -0.15) is 4.99 Å². The van der Waals surface area contributed by atoms with Gasteiger partial charge in [-0.15, -0.1) is 0 Å². The van der Waals surface area contributed by atoms with Gasteiger partial charge >= 0.3 is 0 Å². The highest BCUT2D eigenvalue weighted by atomic mass is 32.2. The quantitative estimate of drug-likeness (QED) is 0.387. The molecule has 7 heteroatoms. The second-order valence-corrected chi connectivity index (χ2v) is 9.15. The van der Waals surface area contributed by atoms with Gasteiger partial charge in [-0.3, -0.25) is 0 Å². The Bertz CT molecular complexity index is 889. The Morgan fingerprint density at radius 2 is 1.81 bits per heavy atom. The van der Waals surface area contributed by atoms with Crippen molar-refractivity contribution in [1.82, 2.24) is 4.90 Å². The van der Waals surface area contributed by atoms with Gasteiger partial charge in [0.25, 0.3) is 0 Å². The summed E-state index contributed by atoms with van der Waals surface area (Å²) in [6.07, 6.45) is 16.6. The number of nitrogens with zero attached hydrogens (tertiary/aromatic N) is 3. The number of aliphatic imine (C=N–C) groups is 1. The fraction of sp³-hybridized carbons (Fsp3) is 0.333. The molecule has 1 fully saturated rings. The molecule has 0 atom stereocenters. The molecular formula is C24H31N5S2. The largest absolute Gasteiger partial charge is 0.378 e. The second-order valence-electron chi connectivity index (χ2n) is 7.77. The van der Waals surface area contributed by atoms with E-state index in [1.165, 1.54) is 35.9 Å². The van der Waals surface area contributed by atoms with Gasteiger partial charge in [0.05, 0.1) is 0 Å². The fourth-order valence-corrected chi connectivity index (χ4v) is 4.48. The number of piperidine rings is 1. The lowest BCUT2D eigenvalue weighted by Crippen LogP contribution is -2.41. The summed E-state index contributed by atoms with van der Waals surface area (Å²) in [7, 11) is 4.33. The number of nitrogens with two attached hydrogens (primary N) is 1. The summed E-state index contributed by atoms with van der Waals surface area (Å²) < 4.78 is 0. The van der Waals surface area contributed by atoms with Crippen LogP contribution in [-0.2, 0) is 0 Å². The van der Waals surface area contributed by atoms with Crippen molar-refractivity contribution in [2.45, 2.75) is 18.9 Å². The SMILES string of the molecule is CN(C)C1CCN(c2ccc(NC(=S)N=C(N)SCC3=CC=CC=CC=C3)cc2)CC1. The van der Waals surface area contributed by atoms with Crippen molar-refractivity contribution in [2.24, 2.45) is 10.7 Å². The standard InChI is InChI=1S/C24H31N5S2/c1-28(2)21-14-16-29(17-15-21)22-12-10-20(11-13-22)26-24(30)27-23(25)31-18-19-8-6-4-3-5-7-9-19/h3-13,21H,14-18H2,1-2H3,(H3,25,26,27,30). The van der Waals surface area contributed by atoms with Crippen LogP contribution in [0.3, 0.4) is 0 Å². The van der Waals surface area contributed by atoms with Crippen molar-refractivity contribution < 1.29 is 0 Å². The Labute approximate surface area is 195 Å². The molecule has 0 radical (unpaired) electrons. The van der Waals surface area contributed by atoms with E-state index in [4.69, 9.17) is 18.0 Å². The minimum absolute atomic E-state index is 0.370. The van der Waals surface area contributed by atoms with E-state index in [9.17, 15) is 0 Å². The molecule has 1 aliphatic carbocycles. The molecule has 1 saturated heterocycles. The fourth-order valence-electron chi connectivity index (χ4n) is 3.54. The van der Waals surface area contributed by atoms with Crippen LogP contribution in [0.4, 0.5) is 11.4 Å². The molecule has 2 aliphatic rings. The van der Waals surface area contributed by atoms with Gasteiger partial charge in [0.15, 0.2) is 10.3 Å². The van der Waals surface area contributed by atoms with Crippen LogP contribution in [0.1, 0.15) is 12.8 Å². The minimum Gasteiger partial charge on any atom is -0.378 e. The van der Waals surface area contributed by atoms with Crippen LogP contribution in [0, 0.1) is 0 Å². The van der Waals surface area contributed by atoms with Crippen LogP contribution < -0.4 is 16.0 Å². The van der Waals surface area contributed by atoms with E-state index in [1.807, 2.05) is 42.5 Å². The lowest BCUT2D eigenvalue weighted by Gasteiger charge is -2.36. The second kappa shape index (κ2) is 11.9. The molecule has 1 aromatic rings. The minimum atomic E-state index is 0.370. The van der Waals surface area contributed by atoms with Gasteiger partial charge in [-0.25, -0.2) is 0 Å². The topological polar surface area (TPSA) is 56.9 Å². The molecule has 1 aromatic carbocycles. The van der Waals surface area contributed by atoms with Crippen LogP contribution in [0.2, 0.25) is 0 Å². The lowest BCUT2D eigenvalue weighted by molar-refractivity contribution is 0.249. The average Bonchev–Trinajstić information content (AvgIpc) is 2.73. The average molecular weight is 454 g/mol. The first-order valence-electron chi connectivity index (χ1n) is 10.5. The number of anilines is 2. The smallest absolute Gasteiger partial charge is 0.199 e. The third-order valence-corrected chi connectivity index (χ3v) is 6.40. The third-order valence-electron chi connectivity index (χ3n) is 5.34. The highest BCUT2D eigenvalue weighted by Gasteiger charge is 2.20. The molecule has 5 nitrogen and oxygen atoms in total. The summed E-state index contributed by atoms with van der Waals surface area (Å²) in [6.45, 7) is 2.17. The molecule has 0 spiro atoms. The number of benzene rings is 1. The van der Waals surface area contributed by atoms with Crippen molar-refractivity contribution in [3.63, 3.8) is 0 Å². The van der Waals surface area contributed by atoms with Gasteiger partial charge in [-0.1, -0.05) is 54.3 Å². The van der Waals surface area contributed by atoms with Crippen molar-refractivity contribution in [3.8, 4) is 0 Å². The number of rotatable bonds is 5. The van der Waals surface area contributed by atoms with Crippen LogP contribution >= 0.6 is 24.0 Å². The number of hydrogen-bond donors (Lipinski definition) is 2. The van der Waals surface area contributed by atoms with E-state index in [0.29, 0.717) is 16.3 Å². The van der Waals surface area contributed by atoms with Crippen molar-refractivity contribution in [1.29, 1.82) is 0 Å². The third kappa shape index (κ3) is 7.69. The first kappa shape index (κ1) is 23.3. The Morgan fingerprint density at radius 1 is 1.13 bits per heavy atom. The van der Waals surface area contributed by atoms with E-state index in [1.54, 1.807) is 0 Å². The van der Waals surface area contributed by atoms with E-state index in [0.717, 1.165) is 24.5 Å². The number of amidine groups is 1. The first-order valence-corrected chi connectivity index (χ1v) is 11.9. The van der Waals surface area contributed by atoms with Gasteiger partial charge in [0, 0.05) is 36.3 Å². The van der Waals surface area contributed by atoms with Crippen LogP contribution in [0.15, 0.2) is 77.4 Å². The Kier molecular flexibility index (Phi) is 8.94. The maximum absolute atomic E-state index is 6.06. The Hall–Kier alpha value is -2.35. The first-order chi connectivity index (χ1) is 15.0. The van der Waals surface area contributed by atoms with Crippen molar-refractivity contribution in [3.05, 3.63) is 72.4 Å². The molecule has 0 saturated carbocycles. The van der Waals surface area contributed by atoms with Gasteiger partial charge in [-0.05, 0) is 69.0 Å². The summed E-state index contributed by atoms with van der Waals surface area (Å²) in [5.41, 5.74) is 9.40. The number of nitrogens with one attached hydrogen (secondary N) is 1. The lowest BCUT2D eigenvalue weighted by atomic mass is 10.0. The zero-order valence-corrected chi connectivity index (χ0v) is 19.8. The molecule has 3 rings (SSSR count). The molecule has 31 heavy (non-hydrogen) atoms. The van der Waals surface area contributed by atoms with E-state index >= 15 is 0 Å². The maximum atomic E-state index is 6.06. The molecule has 0 unspecified atom stereocenters. The summed E-state index contributed by atoms with van der Waals surface area (Å²) >= 11 is 6.84. The molecular weight excluding hydrogens is 422 g/mol. The number of hydrogen-bond acceptors (Lipinski definition) is 4. The molecule has 164 valence electrons. The Morgan fingerprint density at radius 3 is 2.52 bits per heavy atom. The molecule has 1 aliphatic heterocycles. The van der Waals surface area contributed by atoms with Crippen LogP contribution in [0.5, 0.6) is 0 Å². The monoisotopic (exact) mass is 453 g/mol. The van der Waals surface area contributed by atoms with Gasteiger partial charge in [0.2, 0.25) is 0 Å². The van der Waals surface area contributed by atoms with Crippen molar-refractivity contribution >= 4 is 45.6 Å². The maximum Gasteiger partial charge on any atom is 0.199 e. The molecule has 1 heterocycles. The van der Waals surface area contributed by atoms with E-state index in [2.05, 4.69) is 58.5 Å². The zero-order chi connectivity index (χ0) is 22.1. The summed E-state index contributed by atoms with van der Waals surface area (Å²) in [5.74, 6) is 0.742. The molecule has 0 aromatic heterocycles. The predicted octanol–water partition coefficient (Wildman–Crippen LogP) is 4.57. The summed E-state index contributed by atoms with van der Waals surface area (Å²) in [6, 6.07) is 9.05. The normalized spacial score (nSPS) is 17.5.